The van der Waals surface area contributed by atoms with Crippen LogP contribution in [0, 0.1) is 41.5 Å². The van der Waals surface area contributed by atoms with Gasteiger partial charge >= 0.3 is 0 Å². The van der Waals surface area contributed by atoms with Crippen LogP contribution < -0.4 is 0 Å². The lowest BCUT2D eigenvalue weighted by Gasteiger charge is -2.12. The van der Waals surface area contributed by atoms with Crippen molar-refractivity contribution >= 4 is 97.0 Å². The summed E-state index contributed by atoms with van der Waals surface area (Å²) in [6, 6.07) is 66.8. The van der Waals surface area contributed by atoms with E-state index in [1.54, 1.807) is 0 Å². The van der Waals surface area contributed by atoms with Crippen LogP contribution in [0.15, 0.2) is 182 Å². The van der Waals surface area contributed by atoms with Gasteiger partial charge in [-0.05, 0) is 150 Å². The molecule has 0 bridgehead atoms. The van der Waals surface area contributed by atoms with Crippen molar-refractivity contribution in [3.63, 3.8) is 0 Å². The van der Waals surface area contributed by atoms with E-state index >= 15 is 0 Å². The lowest BCUT2D eigenvalue weighted by atomic mass is 9.92. The fraction of sp³-hybridized carbons (Fsp3) is 0.100. The van der Waals surface area contributed by atoms with E-state index in [0.29, 0.717) is 0 Å². The van der Waals surface area contributed by atoms with Gasteiger partial charge in [0, 0.05) is 0 Å². The van der Waals surface area contributed by atoms with E-state index in [2.05, 4.69) is 224 Å². The van der Waals surface area contributed by atoms with Crippen LogP contribution in [-0.2, 0) is 0 Å². The Labute approximate surface area is 352 Å². The Balaban J connectivity index is 0.000000108. The molecule has 0 saturated carbocycles. The molecular weight excluding hydrogens is 721 g/mol. The standard InChI is InChI=1S/3C20H16/c1-13-3-7-17-15(11-13)5-9-20-18-8-4-14(2)12-16(18)6-10-19(17)20;1-13-3-5-15-7-10-18-17(19(15)11-13)9-8-16-6-4-14(2)12-20(16)18;1-13-11-19-18-10-6-4-8-16(18)14(2)12-20(19)17-9-5-3-7-15(13)17/h3*3-12H,1-2H3. The first-order chi connectivity index (χ1) is 29.2. The van der Waals surface area contributed by atoms with Crippen molar-refractivity contribution in [2.45, 2.75) is 41.5 Å². The lowest BCUT2D eigenvalue weighted by Crippen LogP contribution is -1.86. The zero-order valence-electron chi connectivity index (χ0n) is 35.3. The summed E-state index contributed by atoms with van der Waals surface area (Å²) in [4.78, 5) is 0. The van der Waals surface area contributed by atoms with Crippen molar-refractivity contribution in [1.82, 2.24) is 0 Å². The maximum Gasteiger partial charge on any atom is -0.00961 e. The van der Waals surface area contributed by atoms with Crippen LogP contribution in [0.3, 0.4) is 0 Å². The first kappa shape index (κ1) is 37.3. The molecule has 0 aliphatic carbocycles. The van der Waals surface area contributed by atoms with Crippen LogP contribution in [0.5, 0.6) is 0 Å². The molecule has 12 aromatic rings. The molecule has 60 heavy (non-hydrogen) atoms. The highest BCUT2D eigenvalue weighted by molar-refractivity contribution is 6.20. The van der Waals surface area contributed by atoms with E-state index < -0.39 is 0 Å². The summed E-state index contributed by atoms with van der Waals surface area (Å²) >= 11 is 0. The van der Waals surface area contributed by atoms with E-state index in [1.807, 2.05) is 0 Å². The molecule has 0 fully saturated rings. The number of aryl methyl sites for hydroxylation is 6. The molecule has 0 atom stereocenters. The minimum atomic E-state index is 1.31. The van der Waals surface area contributed by atoms with E-state index in [9.17, 15) is 0 Å². The zero-order chi connectivity index (χ0) is 41.1. The topological polar surface area (TPSA) is 0 Å². The number of benzene rings is 12. The predicted molar refractivity (Wildman–Crippen MR) is 265 cm³/mol. The molecule has 0 saturated heterocycles. The highest BCUT2D eigenvalue weighted by Crippen LogP contribution is 2.36. The van der Waals surface area contributed by atoms with Gasteiger partial charge in [-0.2, -0.15) is 0 Å². The van der Waals surface area contributed by atoms with Crippen LogP contribution in [-0.4, -0.2) is 0 Å². The Hall–Kier alpha value is -7.02. The predicted octanol–water partition coefficient (Wildman–Crippen LogP) is 17.3. The second-order valence-electron chi connectivity index (χ2n) is 16.9. The van der Waals surface area contributed by atoms with Crippen LogP contribution >= 0.6 is 0 Å². The van der Waals surface area contributed by atoms with Crippen molar-refractivity contribution in [2.24, 2.45) is 0 Å². The maximum atomic E-state index is 2.33. The number of rotatable bonds is 0. The van der Waals surface area contributed by atoms with Crippen molar-refractivity contribution in [2.75, 3.05) is 0 Å². The Morgan fingerprint density at radius 3 is 0.883 bits per heavy atom. The SMILES string of the molecule is Cc1cc2c3ccccc3c(C)cc2c2ccccc12.Cc1ccc2c(ccc3c4ccc(C)cc4ccc23)c1.Cc1ccc2ccc3c4cc(C)ccc4ccc3c2c1. The highest BCUT2D eigenvalue weighted by Gasteiger charge is 2.10. The quantitative estimate of drug-likeness (QED) is 0.135. The van der Waals surface area contributed by atoms with Gasteiger partial charge in [-0.1, -0.05) is 204 Å². The largest absolute Gasteiger partial charge is 0.0616 e. The van der Waals surface area contributed by atoms with Crippen LogP contribution in [0.4, 0.5) is 0 Å². The first-order valence-corrected chi connectivity index (χ1v) is 21.2. The van der Waals surface area contributed by atoms with Gasteiger partial charge in [0.1, 0.15) is 0 Å². The molecule has 0 radical (unpaired) electrons. The summed E-state index contributed by atoms with van der Waals surface area (Å²) in [5.41, 5.74) is 7.95. The molecule has 0 N–H and O–H groups in total. The highest BCUT2D eigenvalue weighted by atomic mass is 14.1. The summed E-state index contributed by atoms with van der Waals surface area (Å²) in [6.07, 6.45) is 0. The van der Waals surface area contributed by atoms with Gasteiger partial charge in [0.25, 0.3) is 0 Å². The number of fused-ring (bicyclic) bond motifs is 15. The molecule has 12 aromatic carbocycles. The van der Waals surface area contributed by atoms with Crippen molar-refractivity contribution < 1.29 is 0 Å². The van der Waals surface area contributed by atoms with Gasteiger partial charge in [0.15, 0.2) is 0 Å². The monoisotopic (exact) mass is 768 g/mol. The fourth-order valence-electron chi connectivity index (χ4n) is 9.53. The Bertz CT molecular complexity index is 3420. The summed E-state index contributed by atoms with van der Waals surface area (Å²) in [7, 11) is 0. The van der Waals surface area contributed by atoms with E-state index in [4.69, 9.17) is 0 Å². The Morgan fingerprint density at radius 2 is 0.467 bits per heavy atom. The minimum absolute atomic E-state index is 1.31. The van der Waals surface area contributed by atoms with E-state index in [1.165, 1.54) is 130 Å². The zero-order valence-corrected chi connectivity index (χ0v) is 35.3. The molecule has 12 rings (SSSR count). The van der Waals surface area contributed by atoms with Gasteiger partial charge in [0.05, 0.1) is 0 Å². The molecule has 0 aliphatic rings. The van der Waals surface area contributed by atoms with Gasteiger partial charge in [-0.25, -0.2) is 0 Å². The molecule has 0 aromatic heterocycles. The van der Waals surface area contributed by atoms with Crippen molar-refractivity contribution in [3.8, 4) is 0 Å². The van der Waals surface area contributed by atoms with Crippen LogP contribution in [0.25, 0.3) is 97.0 Å². The molecule has 0 heterocycles. The third-order valence-electron chi connectivity index (χ3n) is 12.6. The van der Waals surface area contributed by atoms with Gasteiger partial charge in [0.2, 0.25) is 0 Å². The number of hydrogen-bond donors (Lipinski definition) is 0. The summed E-state index contributed by atoms with van der Waals surface area (Å²) in [5.74, 6) is 0. The molecule has 0 nitrogen and oxygen atoms in total. The van der Waals surface area contributed by atoms with Gasteiger partial charge in [-0.3, -0.25) is 0 Å². The molecule has 0 spiro atoms. The second-order valence-corrected chi connectivity index (χ2v) is 16.9. The van der Waals surface area contributed by atoms with Gasteiger partial charge in [-0.15, -0.1) is 0 Å². The molecule has 288 valence electrons. The number of hydrogen-bond acceptors (Lipinski definition) is 0. The van der Waals surface area contributed by atoms with Crippen molar-refractivity contribution in [1.29, 1.82) is 0 Å². The van der Waals surface area contributed by atoms with E-state index in [0.717, 1.165) is 0 Å². The van der Waals surface area contributed by atoms with Crippen LogP contribution in [0.1, 0.15) is 33.4 Å². The smallest absolute Gasteiger partial charge is 0.00961 e. The summed E-state index contributed by atoms with van der Waals surface area (Å²) in [6.45, 7) is 13.0. The lowest BCUT2D eigenvalue weighted by molar-refractivity contribution is 1.51. The molecule has 0 amide bonds. The normalized spacial score (nSPS) is 11.5. The molecule has 0 unspecified atom stereocenters. The summed E-state index contributed by atoms with van der Waals surface area (Å²) in [5, 5.41) is 24.2. The molecular formula is C60H48. The molecule has 0 heteroatoms. The van der Waals surface area contributed by atoms with Crippen LogP contribution in [0.2, 0.25) is 0 Å². The maximum absolute atomic E-state index is 2.33. The van der Waals surface area contributed by atoms with Gasteiger partial charge < -0.3 is 0 Å². The molecule has 0 aliphatic heterocycles. The minimum Gasteiger partial charge on any atom is -0.0616 e. The average molecular weight is 769 g/mol. The first-order valence-electron chi connectivity index (χ1n) is 21.2. The average Bonchev–Trinajstić information content (AvgIpc) is 3.27. The summed E-state index contributed by atoms with van der Waals surface area (Å²) < 4.78 is 0. The third-order valence-corrected chi connectivity index (χ3v) is 12.6. The fourth-order valence-corrected chi connectivity index (χ4v) is 9.53. The Kier molecular flexibility index (Phi) is 9.30. The third kappa shape index (κ3) is 6.59. The Morgan fingerprint density at radius 1 is 0.183 bits per heavy atom. The van der Waals surface area contributed by atoms with E-state index in [-0.39, 0.29) is 0 Å². The van der Waals surface area contributed by atoms with Crippen molar-refractivity contribution in [3.05, 3.63) is 215 Å². The second kappa shape index (κ2) is 15.0.